The summed E-state index contributed by atoms with van der Waals surface area (Å²) in [6.45, 7) is 8.37. The van der Waals surface area contributed by atoms with Crippen molar-refractivity contribution >= 4 is 0 Å². The second kappa shape index (κ2) is 4.62. The smallest absolute Gasteiger partial charge is 0.182 e. The summed E-state index contributed by atoms with van der Waals surface area (Å²) in [6, 6.07) is 6.32. The third-order valence-corrected chi connectivity index (χ3v) is 2.65. The second-order valence-electron chi connectivity index (χ2n) is 4.74. The summed E-state index contributed by atoms with van der Waals surface area (Å²) in [4.78, 5) is 4.55. The van der Waals surface area contributed by atoms with Crippen LogP contribution in [-0.2, 0) is 0 Å². The van der Waals surface area contributed by atoms with Crippen molar-refractivity contribution in [1.29, 1.82) is 0 Å². The number of benzene rings is 1. The van der Waals surface area contributed by atoms with Crippen LogP contribution >= 0.6 is 0 Å². The Balaban J connectivity index is 2.49. The van der Waals surface area contributed by atoms with Crippen molar-refractivity contribution in [3.8, 4) is 11.4 Å². The molecule has 0 spiro atoms. The summed E-state index contributed by atoms with van der Waals surface area (Å²) in [5.74, 6) is 1.08. The Bertz CT molecular complexity index is 512. The molecule has 17 heavy (non-hydrogen) atoms. The van der Waals surface area contributed by atoms with Crippen LogP contribution in [0.5, 0.6) is 0 Å². The maximum atomic E-state index is 4.55. The van der Waals surface area contributed by atoms with Gasteiger partial charge < -0.3 is 0 Å². The minimum absolute atomic E-state index is 0.371. The summed E-state index contributed by atoms with van der Waals surface area (Å²) < 4.78 is 0. The third kappa shape index (κ3) is 2.67. The van der Waals surface area contributed by atoms with Crippen LogP contribution in [-0.4, -0.2) is 15.2 Å². The quantitative estimate of drug-likeness (QED) is 0.790. The van der Waals surface area contributed by atoms with Gasteiger partial charge in [0.05, 0.1) is 11.9 Å². The molecule has 2 rings (SSSR count). The Labute approximate surface area is 102 Å². The van der Waals surface area contributed by atoms with Crippen LogP contribution in [0.4, 0.5) is 0 Å². The zero-order chi connectivity index (χ0) is 12.4. The van der Waals surface area contributed by atoms with Gasteiger partial charge in [-0.05, 0) is 31.9 Å². The molecule has 0 aliphatic rings. The van der Waals surface area contributed by atoms with E-state index in [1.54, 1.807) is 6.20 Å². The summed E-state index contributed by atoms with van der Waals surface area (Å²) in [5.41, 5.74) is 4.46. The first kappa shape index (κ1) is 11.7. The lowest BCUT2D eigenvalue weighted by Crippen LogP contribution is -1.99. The van der Waals surface area contributed by atoms with Gasteiger partial charge in [-0.1, -0.05) is 31.0 Å². The maximum absolute atomic E-state index is 4.55. The standard InChI is InChI=1S/C14H17N3/c1-9(2)13-8-15-17-14(16-13)12-6-10(3)5-11(4)7-12/h5-9H,1-4H3. The molecule has 3 nitrogen and oxygen atoms in total. The predicted molar refractivity (Wildman–Crippen MR) is 68.8 cm³/mol. The molecule has 1 aromatic heterocycles. The summed E-state index contributed by atoms with van der Waals surface area (Å²) >= 11 is 0. The Morgan fingerprint density at radius 3 is 2.24 bits per heavy atom. The Hall–Kier alpha value is -1.77. The van der Waals surface area contributed by atoms with Crippen molar-refractivity contribution < 1.29 is 0 Å². The fourth-order valence-corrected chi connectivity index (χ4v) is 1.82. The highest BCUT2D eigenvalue weighted by Crippen LogP contribution is 2.19. The molecule has 0 radical (unpaired) electrons. The van der Waals surface area contributed by atoms with E-state index in [1.165, 1.54) is 11.1 Å². The molecule has 0 aliphatic carbocycles. The lowest BCUT2D eigenvalue weighted by molar-refractivity contribution is 0.790. The van der Waals surface area contributed by atoms with Crippen molar-refractivity contribution in [2.24, 2.45) is 0 Å². The fourth-order valence-electron chi connectivity index (χ4n) is 1.82. The molecule has 1 heterocycles. The van der Waals surface area contributed by atoms with E-state index >= 15 is 0 Å². The van der Waals surface area contributed by atoms with Crippen LogP contribution in [0.1, 0.15) is 36.6 Å². The molecule has 0 saturated carbocycles. The lowest BCUT2D eigenvalue weighted by Gasteiger charge is -2.06. The number of hydrogen-bond donors (Lipinski definition) is 0. The molecule has 3 heteroatoms. The zero-order valence-electron chi connectivity index (χ0n) is 10.7. The number of hydrogen-bond acceptors (Lipinski definition) is 3. The SMILES string of the molecule is Cc1cc(C)cc(-c2nncc(C(C)C)n2)c1. The van der Waals surface area contributed by atoms with E-state index < -0.39 is 0 Å². The van der Waals surface area contributed by atoms with Crippen LogP contribution < -0.4 is 0 Å². The first-order valence-corrected chi connectivity index (χ1v) is 5.84. The molecule has 0 N–H and O–H groups in total. The molecule has 0 bridgehead atoms. The highest BCUT2D eigenvalue weighted by atomic mass is 15.1. The topological polar surface area (TPSA) is 38.7 Å². The van der Waals surface area contributed by atoms with E-state index in [0.717, 1.165) is 11.3 Å². The molecule has 0 unspecified atom stereocenters. The van der Waals surface area contributed by atoms with Gasteiger partial charge in [0.1, 0.15) is 0 Å². The number of aryl methyl sites for hydroxylation is 2. The highest BCUT2D eigenvalue weighted by molar-refractivity contribution is 5.57. The van der Waals surface area contributed by atoms with Crippen LogP contribution in [0, 0.1) is 13.8 Å². The molecule has 0 aliphatic heterocycles. The largest absolute Gasteiger partial charge is 0.230 e. The van der Waals surface area contributed by atoms with E-state index in [-0.39, 0.29) is 0 Å². The molecule has 0 atom stereocenters. The molecule has 0 fully saturated rings. The number of rotatable bonds is 2. The third-order valence-electron chi connectivity index (χ3n) is 2.65. The van der Waals surface area contributed by atoms with E-state index in [4.69, 9.17) is 0 Å². The molecule has 0 amide bonds. The number of aromatic nitrogens is 3. The van der Waals surface area contributed by atoms with Gasteiger partial charge in [0.25, 0.3) is 0 Å². The maximum Gasteiger partial charge on any atom is 0.182 e. The number of nitrogens with zero attached hydrogens (tertiary/aromatic N) is 3. The van der Waals surface area contributed by atoms with E-state index in [0.29, 0.717) is 11.7 Å². The minimum Gasteiger partial charge on any atom is -0.230 e. The Morgan fingerprint density at radius 2 is 1.65 bits per heavy atom. The van der Waals surface area contributed by atoms with Crippen molar-refractivity contribution in [3.05, 3.63) is 41.2 Å². The van der Waals surface area contributed by atoms with Gasteiger partial charge in [-0.25, -0.2) is 4.98 Å². The van der Waals surface area contributed by atoms with Gasteiger partial charge in [-0.2, -0.15) is 5.10 Å². The van der Waals surface area contributed by atoms with Crippen LogP contribution in [0.3, 0.4) is 0 Å². The van der Waals surface area contributed by atoms with Gasteiger partial charge in [-0.15, -0.1) is 5.10 Å². The van der Waals surface area contributed by atoms with Crippen molar-refractivity contribution in [2.45, 2.75) is 33.6 Å². The lowest BCUT2D eigenvalue weighted by atomic mass is 10.1. The predicted octanol–water partition coefficient (Wildman–Crippen LogP) is 3.28. The normalized spacial score (nSPS) is 10.9. The van der Waals surface area contributed by atoms with Gasteiger partial charge in [0.15, 0.2) is 5.82 Å². The Morgan fingerprint density at radius 1 is 1.00 bits per heavy atom. The van der Waals surface area contributed by atoms with Gasteiger partial charge in [0, 0.05) is 5.56 Å². The molecule has 88 valence electrons. The van der Waals surface area contributed by atoms with Gasteiger partial charge in [0.2, 0.25) is 0 Å². The van der Waals surface area contributed by atoms with E-state index in [9.17, 15) is 0 Å². The molecule has 0 saturated heterocycles. The molecule has 1 aromatic carbocycles. The monoisotopic (exact) mass is 227 g/mol. The van der Waals surface area contributed by atoms with Crippen LogP contribution in [0.15, 0.2) is 24.4 Å². The average molecular weight is 227 g/mol. The van der Waals surface area contributed by atoms with E-state index in [2.05, 4.69) is 61.1 Å². The highest BCUT2D eigenvalue weighted by Gasteiger charge is 2.07. The Kier molecular flexibility index (Phi) is 3.18. The van der Waals surface area contributed by atoms with Gasteiger partial charge >= 0.3 is 0 Å². The average Bonchev–Trinajstić information content (AvgIpc) is 2.28. The first-order valence-electron chi connectivity index (χ1n) is 5.84. The molecular formula is C14H17N3. The van der Waals surface area contributed by atoms with Crippen LogP contribution in [0.25, 0.3) is 11.4 Å². The summed E-state index contributed by atoms with van der Waals surface area (Å²) in [6.07, 6.45) is 1.73. The van der Waals surface area contributed by atoms with Crippen molar-refractivity contribution in [2.75, 3.05) is 0 Å². The van der Waals surface area contributed by atoms with Gasteiger partial charge in [-0.3, -0.25) is 0 Å². The molecular weight excluding hydrogens is 210 g/mol. The van der Waals surface area contributed by atoms with E-state index in [1.807, 2.05) is 0 Å². The zero-order valence-corrected chi connectivity index (χ0v) is 10.7. The summed E-state index contributed by atoms with van der Waals surface area (Å²) in [7, 11) is 0. The fraction of sp³-hybridized carbons (Fsp3) is 0.357. The van der Waals surface area contributed by atoms with Crippen molar-refractivity contribution in [3.63, 3.8) is 0 Å². The van der Waals surface area contributed by atoms with Crippen molar-refractivity contribution in [1.82, 2.24) is 15.2 Å². The second-order valence-corrected chi connectivity index (χ2v) is 4.74. The first-order chi connectivity index (χ1) is 8.06. The summed E-state index contributed by atoms with van der Waals surface area (Å²) in [5, 5.41) is 8.14. The van der Waals surface area contributed by atoms with Crippen LogP contribution in [0.2, 0.25) is 0 Å². The minimum atomic E-state index is 0.371. The molecule has 2 aromatic rings.